The van der Waals surface area contributed by atoms with Gasteiger partial charge in [0.05, 0.1) is 6.42 Å². The van der Waals surface area contributed by atoms with Gasteiger partial charge in [-0.15, -0.1) is 0 Å². The highest BCUT2D eigenvalue weighted by atomic mass is 35.5. The Morgan fingerprint density at radius 3 is 2.73 bits per heavy atom. The van der Waals surface area contributed by atoms with Crippen LogP contribution < -0.4 is 5.32 Å². The predicted octanol–water partition coefficient (Wildman–Crippen LogP) is 1.54. The first-order chi connectivity index (χ1) is 7.09. The van der Waals surface area contributed by atoms with Crippen LogP contribution in [0.4, 0.5) is 0 Å². The van der Waals surface area contributed by atoms with Crippen molar-refractivity contribution in [3.8, 4) is 0 Å². The third-order valence-corrected chi connectivity index (χ3v) is 1.95. The highest BCUT2D eigenvalue weighted by Gasteiger charge is 2.05. The van der Waals surface area contributed by atoms with Gasteiger partial charge in [0, 0.05) is 17.1 Å². The normalized spacial score (nSPS) is 9.67. The van der Waals surface area contributed by atoms with E-state index in [1.807, 2.05) is 0 Å². The molecule has 0 bridgehead atoms. The number of hydrogen-bond donors (Lipinski definition) is 2. The van der Waals surface area contributed by atoms with Gasteiger partial charge in [-0.25, -0.2) is 0 Å². The minimum absolute atomic E-state index is 0.0910. The Morgan fingerprint density at radius 2 is 2.13 bits per heavy atom. The Morgan fingerprint density at radius 1 is 1.40 bits per heavy atom. The maximum atomic E-state index is 11.4. The van der Waals surface area contributed by atoms with E-state index in [-0.39, 0.29) is 18.9 Å². The summed E-state index contributed by atoms with van der Waals surface area (Å²) in [5.74, 6) is -1.26. The zero-order valence-corrected chi connectivity index (χ0v) is 8.62. The molecule has 0 saturated heterocycles. The molecule has 15 heavy (non-hydrogen) atoms. The van der Waals surface area contributed by atoms with E-state index in [4.69, 9.17) is 16.7 Å². The number of halogens is 1. The van der Waals surface area contributed by atoms with Crippen molar-refractivity contribution < 1.29 is 14.7 Å². The monoisotopic (exact) mass is 227 g/mol. The van der Waals surface area contributed by atoms with E-state index in [1.54, 1.807) is 18.2 Å². The van der Waals surface area contributed by atoms with Crippen molar-refractivity contribution in [2.24, 2.45) is 0 Å². The van der Waals surface area contributed by atoms with Crippen molar-refractivity contribution in [1.82, 2.24) is 5.32 Å². The van der Waals surface area contributed by atoms with Gasteiger partial charge in [-0.3, -0.25) is 9.59 Å². The van der Waals surface area contributed by atoms with Gasteiger partial charge in [0.1, 0.15) is 0 Å². The molecular weight excluding hydrogens is 218 g/mol. The minimum Gasteiger partial charge on any atom is -0.481 e. The van der Waals surface area contributed by atoms with Crippen LogP contribution in [0.1, 0.15) is 16.8 Å². The fourth-order valence-electron chi connectivity index (χ4n) is 1.01. The summed E-state index contributed by atoms with van der Waals surface area (Å²) in [5.41, 5.74) is 0.424. The standard InChI is InChI=1S/C10H10ClNO3/c11-8-3-1-2-7(6-8)10(15)12-5-4-9(13)14/h1-3,6H,4-5H2,(H,12,15)(H,13,14). The van der Waals surface area contributed by atoms with E-state index in [1.165, 1.54) is 6.07 Å². The average molecular weight is 228 g/mol. The van der Waals surface area contributed by atoms with Crippen LogP contribution in [0.2, 0.25) is 5.02 Å². The first-order valence-corrected chi connectivity index (χ1v) is 4.73. The number of carboxylic acids is 1. The lowest BCUT2D eigenvalue weighted by atomic mass is 10.2. The summed E-state index contributed by atoms with van der Waals surface area (Å²) in [7, 11) is 0. The number of amides is 1. The summed E-state index contributed by atoms with van der Waals surface area (Å²) in [6.45, 7) is 0.112. The second-order valence-corrected chi connectivity index (χ2v) is 3.35. The van der Waals surface area contributed by atoms with Crippen molar-refractivity contribution in [3.05, 3.63) is 34.9 Å². The molecule has 0 aliphatic heterocycles. The van der Waals surface area contributed by atoms with Gasteiger partial charge in [0.25, 0.3) is 5.91 Å². The van der Waals surface area contributed by atoms with E-state index in [0.29, 0.717) is 10.6 Å². The number of rotatable bonds is 4. The number of hydrogen-bond acceptors (Lipinski definition) is 2. The minimum atomic E-state index is -0.943. The van der Waals surface area contributed by atoms with Crippen LogP contribution in [0.15, 0.2) is 24.3 Å². The second-order valence-electron chi connectivity index (χ2n) is 2.91. The number of carbonyl (C=O) groups excluding carboxylic acids is 1. The lowest BCUT2D eigenvalue weighted by molar-refractivity contribution is -0.136. The summed E-state index contributed by atoms with van der Waals surface area (Å²) in [5, 5.41) is 11.3. The zero-order valence-electron chi connectivity index (χ0n) is 7.87. The van der Waals surface area contributed by atoms with Crippen LogP contribution in [0, 0.1) is 0 Å². The Labute approximate surface area is 91.9 Å². The molecule has 1 aromatic rings. The van der Waals surface area contributed by atoms with Crippen LogP contribution in [-0.4, -0.2) is 23.5 Å². The molecule has 2 N–H and O–H groups in total. The molecule has 0 radical (unpaired) electrons. The summed E-state index contributed by atoms with van der Waals surface area (Å²) in [6.07, 6.45) is -0.0910. The number of carboxylic acid groups (broad SMARTS) is 1. The SMILES string of the molecule is O=C(O)CCNC(=O)c1cccc(Cl)c1. The van der Waals surface area contributed by atoms with Crippen molar-refractivity contribution in [2.45, 2.75) is 6.42 Å². The molecule has 1 aromatic carbocycles. The Hall–Kier alpha value is -1.55. The third-order valence-electron chi connectivity index (χ3n) is 1.71. The molecule has 0 atom stereocenters. The molecule has 1 amide bonds. The maximum Gasteiger partial charge on any atom is 0.305 e. The lowest BCUT2D eigenvalue weighted by Crippen LogP contribution is -2.25. The van der Waals surface area contributed by atoms with Crippen molar-refractivity contribution in [3.63, 3.8) is 0 Å². The van der Waals surface area contributed by atoms with Crippen LogP contribution >= 0.6 is 11.6 Å². The fraction of sp³-hybridized carbons (Fsp3) is 0.200. The van der Waals surface area contributed by atoms with Crippen molar-refractivity contribution in [2.75, 3.05) is 6.54 Å². The summed E-state index contributed by atoms with van der Waals surface area (Å²) in [6, 6.07) is 6.46. The van der Waals surface area contributed by atoms with Gasteiger partial charge in [-0.05, 0) is 18.2 Å². The Bertz CT molecular complexity index is 379. The van der Waals surface area contributed by atoms with Gasteiger partial charge in [0.2, 0.25) is 0 Å². The fourth-order valence-corrected chi connectivity index (χ4v) is 1.21. The highest BCUT2D eigenvalue weighted by molar-refractivity contribution is 6.30. The molecule has 4 nitrogen and oxygen atoms in total. The van der Waals surface area contributed by atoms with Crippen LogP contribution in [0.3, 0.4) is 0 Å². The first kappa shape index (κ1) is 11.5. The molecule has 0 aromatic heterocycles. The van der Waals surface area contributed by atoms with Crippen molar-refractivity contribution in [1.29, 1.82) is 0 Å². The summed E-state index contributed by atoms with van der Waals surface area (Å²) >= 11 is 5.70. The number of carbonyl (C=O) groups is 2. The molecule has 0 saturated carbocycles. The van der Waals surface area contributed by atoms with Gasteiger partial charge in [0.15, 0.2) is 0 Å². The van der Waals surface area contributed by atoms with Gasteiger partial charge in [-0.2, -0.15) is 0 Å². The molecule has 1 rings (SSSR count). The molecule has 0 aliphatic rings. The average Bonchev–Trinajstić information content (AvgIpc) is 2.17. The molecule has 0 heterocycles. The zero-order chi connectivity index (χ0) is 11.3. The van der Waals surface area contributed by atoms with Gasteiger partial charge in [-0.1, -0.05) is 17.7 Å². The van der Waals surface area contributed by atoms with E-state index in [0.717, 1.165) is 0 Å². The highest BCUT2D eigenvalue weighted by Crippen LogP contribution is 2.10. The molecule has 0 unspecified atom stereocenters. The quantitative estimate of drug-likeness (QED) is 0.820. The molecule has 0 fully saturated rings. The van der Waals surface area contributed by atoms with Crippen LogP contribution in [-0.2, 0) is 4.79 Å². The maximum absolute atomic E-state index is 11.4. The largest absolute Gasteiger partial charge is 0.481 e. The van der Waals surface area contributed by atoms with E-state index >= 15 is 0 Å². The Balaban J connectivity index is 2.50. The summed E-state index contributed by atoms with van der Waals surface area (Å²) < 4.78 is 0. The smallest absolute Gasteiger partial charge is 0.305 e. The molecule has 80 valence electrons. The van der Waals surface area contributed by atoms with Crippen LogP contribution in [0.25, 0.3) is 0 Å². The number of benzene rings is 1. The molecule has 5 heteroatoms. The Kier molecular flexibility index (Phi) is 4.12. The molecule has 0 aliphatic carbocycles. The van der Waals surface area contributed by atoms with Crippen molar-refractivity contribution >= 4 is 23.5 Å². The van der Waals surface area contributed by atoms with Crippen LogP contribution in [0.5, 0.6) is 0 Å². The predicted molar refractivity (Wildman–Crippen MR) is 56.0 cm³/mol. The molecule has 0 spiro atoms. The van der Waals surface area contributed by atoms with Gasteiger partial charge >= 0.3 is 5.97 Å². The number of aliphatic carboxylic acids is 1. The van der Waals surface area contributed by atoms with Gasteiger partial charge < -0.3 is 10.4 Å². The van der Waals surface area contributed by atoms with E-state index in [2.05, 4.69) is 5.32 Å². The van der Waals surface area contributed by atoms with E-state index < -0.39 is 5.97 Å². The topological polar surface area (TPSA) is 66.4 Å². The first-order valence-electron chi connectivity index (χ1n) is 4.35. The lowest BCUT2D eigenvalue weighted by Gasteiger charge is -2.03. The third kappa shape index (κ3) is 3.99. The number of nitrogens with one attached hydrogen (secondary N) is 1. The second kappa shape index (κ2) is 5.36. The van der Waals surface area contributed by atoms with E-state index in [9.17, 15) is 9.59 Å². The molecular formula is C10H10ClNO3. The summed E-state index contributed by atoms with van der Waals surface area (Å²) in [4.78, 5) is 21.6.